The molecule has 106 valence electrons. The Morgan fingerprint density at radius 2 is 2.11 bits per heavy atom. The molecule has 0 amide bonds. The summed E-state index contributed by atoms with van der Waals surface area (Å²) in [4.78, 5) is 0. The second kappa shape index (κ2) is 8.18. The first-order chi connectivity index (χ1) is 9.38. The Morgan fingerprint density at radius 3 is 2.89 bits per heavy atom. The van der Waals surface area contributed by atoms with E-state index in [0.29, 0.717) is 6.61 Å². The molecule has 1 aromatic carbocycles. The van der Waals surface area contributed by atoms with Crippen LogP contribution in [0.4, 0.5) is 0 Å². The van der Waals surface area contributed by atoms with Gasteiger partial charge in [0.25, 0.3) is 0 Å². The van der Waals surface area contributed by atoms with E-state index in [1.807, 2.05) is 12.1 Å². The average Bonchev–Trinajstić information content (AvgIpc) is 3.23. The third-order valence-electron chi connectivity index (χ3n) is 3.31. The van der Waals surface area contributed by atoms with Crippen LogP contribution < -0.4 is 10.1 Å². The highest BCUT2D eigenvalue weighted by Gasteiger charge is 2.19. The number of ether oxygens (including phenoxy) is 2. The van der Waals surface area contributed by atoms with Gasteiger partial charge in [-0.1, -0.05) is 12.1 Å². The summed E-state index contributed by atoms with van der Waals surface area (Å²) in [6.45, 7) is 2.61. The molecule has 1 fully saturated rings. The lowest BCUT2D eigenvalue weighted by Gasteiger charge is -2.08. The van der Waals surface area contributed by atoms with Gasteiger partial charge in [-0.3, -0.25) is 0 Å². The molecule has 0 unspecified atom stereocenters. The van der Waals surface area contributed by atoms with Crippen LogP contribution in [-0.4, -0.2) is 26.3 Å². The largest absolute Gasteiger partial charge is 0.494 e. The van der Waals surface area contributed by atoms with Gasteiger partial charge in [-0.25, -0.2) is 0 Å². The van der Waals surface area contributed by atoms with E-state index in [9.17, 15) is 0 Å². The van der Waals surface area contributed by atoms with E-state index in [1.165, 1.54) is 25.7 Å². The Hall–Kier alpha value is -1.06. The summed E-state index contributed by atoms with van der Waals surface area (Å²) in [5.41, 5.74) is 1.16. The standard InChI is InChI=1S/C16H25NO2/c1-18-13-14-6-5-7-16(12-14)19-11-4-2-3-10-17-15-8-9-15/h5-7,12,15,17H,2-4,8-11,13H2,1H3. The molecule has 1 aliphatic rings. The van der Waals surface area contributed by atoms with Gasteiger partial charge in [0.05, 0.1) is 13.2 Å². The van der Waals surface area contributed by atoms with E-state index in [2.05, 4.69) is 17.4 Å². The van der Waals surface area contributed by atoms with Gasteiger partial charge in [0.2, 0.25) is 0 Å². The van der Waals surface area contributed by atoms with Crippen molar-refractivity contribution in [2.75, 3.05) is 20.3 Å². The maximum absolute atomic E-state index is 5.76. The van der Waals surface area contributed by atoms with Gasteiger partial charge in [-0.05, 0) is 56.3 Å². The first-order valence-electron chi connectivity index (χ1n) is 7.32. The lowest BCUT2D eigenvalue weighted by Crippen LogP contribution is -2.17. The highest BCUT2D eigenvalue weighted by atomic mass is 16.5. The van der Waals surface area contributed by atoms with Crippen LogP contribution >= 0.6 is 0 Å². The second-order valence-electron chi connectivity index (χ2n) is 5.22. The molecular formula is C16H25NO2. The Kier molecular flexibility index (Phi) is 6.18. The van der Waals surface area contributed by atoms with Gasteiger partial charge in [-0.2, -0.15) is 0 Å². The summed E-state index contributed by atoms with van der Waals surface area (Å²) in [5, 5.41) is 3.53. The lowest BCUT2D eigenvalue weighted by atomic mass is 10.2. The topological polar surface area (TPSA) is 30.5 Å². The average molecular weight is 263 g/mol. The predicted molar refractivity (Wildman–Crippen MR) is 77.5 cm³/mol. The zero-order valence-corrected chi connectivity index (χ0v) is 11.9. The second-order valence-corrected chi connectivity index (χ2v) is 5.22. The van der Waals surface area contributed by atoms with Crippen molar-refractivity contribution in [2.45, 2.75) is 44.8 Å². The van der Waals surface area contributed by atoms with E-state index in [0.717, 1.165) is 36.9 Å². The Balaban J connectivity index is 1.52. The van der Waals surface area contributed by atoms with Crippen LogP contribution in [0.15, 0.2) is 24.3 Å². The highest BCUT2D eigenvalue weighted by molar-refractivity contribution is 5.28. The molecule has 0 aromatic heterocycles. The first kappa shape index (κ1) is 14.4. The van der Waals surface area contributed by atoms with E-state index in [1.54, 1.807) is 7.11 Å². The summed E-state index contributed by atoms with van der Waals surface area (Å²) in [6, 6.07) is 8.97. The molecule has 0 atom stereocenters. The number of hydrogen-bond donors (Lipinski definition) is 1. The molecule has 2 rings (SSSR count). The molecule has 0 heterocycles. The SMILES string of the molecule is COCc1cccc(OCCCCCNC2CC2)c1. The normalized spacial score (nSPS) is 14.6. The van der Waals surface area contributed by atoms with Crippen molar-refractivity contribution >= 4 is 0 Å². The number of unbranched alkanes of at least 4 members (excludes halogenated alkanes) is 2. The van der Waals surface area contributed by atoms with Crippen molar-refractivity contribution in [3.05, 3.63) is 29.8 Å². The molecule has 0 bridgehead atoms. The number of methoxy groups -OCH3 is 1. The van der Waals surface area contributed by atoms with Crippen LogP contribution in [0.3, 0.4) is 0 Å². The van der Waals surface area contributed by atoms with Crippen LogP contribution in [0.25, 0.3) is 0 Å². The van der Waals surface area contributed by atoms with Crippen molar-refractivity contribution in [1.82, 2.24) is 5.32 Å². The fourth-order valence-electron chi connectivity index (χ4n) is 2.08. The molecule has 3 nitrogen and oxygen atoms in total. The van der Waals surface area contributed by atoms with Crippen LogP contribution in [0, 0.1) is 0 Å². The van der Waals surface area contributed by atoms with Crippen LogP contribution in [0.2, 0.25) is 0 Å². The molecule has 1 aromatic rings. The number of nitrogens with one attached hydrogen (secondary N) is 1. The van der Waals surface area contributed by atoms with E-state index < -0.39 is 0 Å². The number of hydrogen-bond acceptors (Lipinski definition) is 3. The van der Waals surface area contributed by atoms with Gasteiger partial charge in [0.15, 0.2) is 0 Å². The van der Waals surface area contributed by atoms with E-state index >= 15 is 0 Å². The van der Waals surface area contributed by atoms with E-state index in [-0.39, 0.29) is 0 Å². The Labute approximate surface area is 116 Å². The molecular weight excluding hydrogens is 238 g/mol. The molecule has 19 heavy (non-hydrogen) atoms. The minimum absolute atomic E-state index is 0.643. The predicted octanol–water partition coefficient (Wildman–Crippen LogP) is 3.13. The maximum atomic E-state index is 5.76. The minimum Gasteiger partial charge on any atom is -0.494 e. The first-order valence-corrected chi connectivity index (χ1v) is 7.32. The van der Waals surface area contributed by atoms with Crippen LogP contribution in [0.5, 0.6) is 5.75 Å². The maximum Gasteiger partial charge on any atom is 0.119 e. The summed E-state index contributed by atoms with van der Waals surface area (Å²) < 4.78 is 10.9. The van der Waals surface area contributed by atoms with Crippen LogP contribution in [0.1, 0.15) is 37.7 Å². The van der Waals surface area contributed by atoms with Crippen LogP contribution in [-0.2, 0) is 11.3 Å². The molecule has 0 saturated heterocycles. The minimum atomic E-state index is 0.643. The number of benzene rings is 1. The smallest absolute Gasteiger partial charge is 0.119 e. The molecule has 1 saturated carbocycles. The van der Waals surface area contributed by atoms with Gasteiger partial charge >= 0.3 is 0 Å². The van der Waals surface area contributed by atoms with E-state index in [4.69, 9.17) is 9.47 Å². The van der Waals surface area contributed by atoms with Gasteiger partial charge < -0.3 is 14.8 Å². The molecule has 0 spiro atoms. The summed E-state index contributed by atoms with van der Waals surface area (Å²) in [5.74, 6) is 0.950. The fraction of sp³-hybridized carbons (Fsp3) is 0.625. The molecule has 3 heteroatoms. The number of rotatable bonds is 10. The van der Waals surface area contributed by atoms with Crippen molar-refractivity contribution in [3.8, 4) is 5.75 Å². The van der Waals surface area contributed by atoms with Crippen molar-refractivity contribution in [3.63, 3.8) is 0 Å². The summed E-state index contributed by atoms with van der Waals surface area (Å²) in [6.07, 6.45) is 6.36. The Bertz CT molecular complexity index is 364. The van der Waals surface area contributed by atoms with Gasteiger partial charge in [0.1, 0.15) is 5.75 Å². The van der Waals surface area contributed by atoms with Crippen molar-refractivity contribution in [2.24, 2.45) is 0 Å². The lowest BCUT2D eigenvalue weighted by molar-refractivity contribution is 0.184. The fourth-order valence-corrected chi connectivity index (χ4v) is 2.08. The highest BCUT2D eigenvalue weighted by Crippen LogP contribution is 2.18. The summed E-state index contributed by atoms with van der Waals surface area (Å²) in [7, 11) is 1.71. The third kappa shape index (κ3) is 6.08. The zero-order valence-electron chi connectivity index (χ0n) is 11.9. The molecule has 1 aliphatic carbocycles. The van der Waals surface area contributed by atoms with Gasteiger partial charge in [0, 0.05) is 13.2 Å². The zero-order chi connectivity index (χ0) is 13.3. The quantitative estimate of drug-likeness (QED) is 0.658. The molecule has 0 aliphatic heterocycles. The Morgan fingerprint density at radius 1 is 1.21 bits per heavy atom. The monoisotopic (exact) mass is 263 g/mol. The van der Waals surface area contributed by atoms with Crippen molar-refractivity contribution < 1.29 is 9.47 Å². The third-order valence-corrected chi connectivity index (χ3v) is 3.31. The molecule has 1 N–H and O–H groups in total. The molecule has 0 radical (unpaired) electrons. The van der Waals surface area contributed by atoms with Crippen molar-refractivity contribution in [1.29, 1.82) is 0 Å². The summed E-state index contributed by atoms with van der Waals surface area (Å²) >= 11 is 0. The van der Waals surface area contributed by atoms with Gasteiger partial charge in [-0.15, -0.1) is 0 Å².